The summed E-state index contributed by atoms with van der Waals surface area (Å²) in [5.41, 5.74) is 0.642. The number of aromatic nitrogens is 3. The fourth-order valence-corrected chi connectivity index (χ4v) is 1.54. The molecule has 5 nitrogen and oxygen atoms in total. The van der Waals surface area contributed by atoms with Crippen LogP contribution in [-0.2, 0) is 0 Å². The van der Waals surface area contributed by atoms with Gasteiger partial charge in [-0.3, -0.25) is 0 Å². The van der Waals surface area contributed by atoms with Crippen LogP contribution in [0.15, 0.2) is 18.2 Å². The minimum absolute atomic E-state index is 0.0356. The molecular formula is C12H12ClFN4O. The number of rotatable bonds is 3. The highest BCUT2D eigenvalue weighted by molar-refractivity contribution is 6.28. The summed E-state index contributed by atoms with van der Waals surface area (Å²) in [7, 11) is 3.55. The third kappa shape index (κ3) is 3.29. The number of halogens is 2. The van der Waals surface area contributed by atoms with E-state index in [2.05, 4.69) is 15.0 Å². The number of hydrogen-bond donors (Lipinski definition) is 0. The van der Waals surface area contributed by atoms with Gasteiger partial charge in [0.05, 0.1) is 0 Å². The molecule has 2 aromatic rings. The number of benzene rings is 1. The molecule has 0 bridgehead atoms. The van der Waals surface area contributed by atoms with Gasteiger partial charge in [-0.15, -0.1) is 0 Å². The molecule has 0 aliphatic rings. The summed E-state index contributed by atoms with van der Waals surface area (Å²) in [6.07, 6.45) is 0. The zero-order chi connectivity index (χ0) is 14.0. The van der Waals surface area contributed by atoms with Gasteiger partial charge in [0.25, 0.3) is 0 Å². The van der Waals surface area contributed by atoms with Crippen LogP contribution in [-0.4, -0.2) is 29.0 Å². The lowest BCUT2D eigenvalue weighted by atomic mass is 10.2. The minimum atomic E-state index is -0.326. The quantitative estimate of drug-likeness (QED) is 0.866. The van der Waals surface area contributed by atoms with Gasteiger partial charge in [-0.1, -0.05) is 0 Å². The molecule has 0 amide bonds. The lowest BCUT2D eigenvalue weighted by Gasteiger charge is -2.12. The molecule has 0 aliphatic carbocycles. The normalized spacial score (nSPS) is 10.4. The molecule has 100 valence electrons. The maximum Gasteiger partial charge on any atom is 0.328 e. The average Bonchev–Trinajstić information content (AvgIpc) is 2.32. The lowest BCUT2D eigenvalue weighted by molar-refractivity contribution is 0.435. The van der Waals surface area contributed by atoms with E-state index in [1.54, 1.807) is 25.9 Å². The molecular weight excluding hydrogens is 271 g/mol. The highest BCUT2D eigenvalue weighted by Gasteiger charge is 2.10. The molecule has 7 heteroatoms. The van der Waals surface area contributed by atoms with Gasteiger partial charge < -0.3 is 9.64 Å². The van der Waals surface area contributed by atoms with Crippen molar-refractivity contribution in [3.8, 4) is 11.8 Å². The molecule has 0 fully saturated rings. The van der Waals surface area contributed by atoms with E-state index in [4.69, 9.17) is 16.3 Å². The Kier molecular flexibility index (Phi) is 3.80. The Labute approximate surface area is 115 Å². The van der Waals surface area contributed by atoms with E-state index < -0.39 is 0 Å². The smallest absolute Gasteiger partial charge is 0.328 e. The zero-order valence-electron chi connectivity index (χ0n) is 10.7. The lowest BCUT2D eigenvalue weighted by Crippen LogP contribution is -2.13. The molecule has 0 unspecified atom stereocenters. The van der Waals surface area contributed by atoms with E-state index >= 15 is 0 Å². The molecule has 0 saturated heterocycles. The van der Waals surface area contributed by atoms with Gasteiger partial charge in [0, 0.05) is 14.1 Å². The molecule has 1 heterocycles. The summed E-state index contributed by atoms with van der Waals surface area (Å²) in [6.45, 7) is 1.73. The molecule has 0 radical (unpaired) electrons. The van der Waals surface area contributed by atoms with Crippen LogP contribution in [0.2, 0.25) is 5.28 Å². The topological polar surface area (TPSA) is 51.1 Å². The molecule has 19 heavy (non-hydrogen) atoms. The number of anilines is 1. The van der Waals surface area contributed by atoms with Crippen molar-refractivity contribution in [2.75, 3.05) is 19.0 Å². The van der Waals surface area contributed by atoms with E-state index in [0.717, 1.165) is 0 Å². The van der Waals surface area contributed by atoms with E-state index in [1.165, 1.54) is 18.2 Å². The van der Waals surface area contributed by atoms with Gasteiger partial charge >= 0.3 is 6.01 Å². The monoisotopic (exact) mass is 282 g/mol. The fraction of sp³-hybridized carbons (Fsp3) is 0.250. The van der Waals surface area contributed by atoms with Crippen molar-refractivity contribution in [3.63, 3.8) is 0 Å². The number of hydrogen-bond acceptors (Lipinski definition) is 5. The predicted molar refractivity (Wildman–Crippen MR) is 70.4 cm³/mol. The molecule has 0 spiro atoms. The van der Waals surface area contributed by atoms with Gasteiger partial charge in [0.2, 0.25) is 11.2 Å². The minimum Gasteiger partial charge on any atom is -0.424 e. The summed E-state index contributed by atoms with van der Waals surface area (Å²) in [5.74, 6) is 0.524. The Morgan fingerprint density at radius 2 is 1.95 bits per heavy atom. The Balaban J connectivity index is 2.32. The maximum atomic E-state index is 13.0. The highest BCUT2D eigenvalue weighted by atomic mass is 35.5. The summed E-state index contributed by atoms with van der Waals surface area (Å²) in [5, 5.41) is 0.0356. The van der Waals surface area contributed by atoms with Gasteiger partial charge in [-0.2, -0.15) is 15.0 Å². The van der Waals surface area contributed by atoms with Crippen molar-refractivity contribution in [2.45, 2.75) is 6.92 Å². The first-order valence-electron chi connectivity index (χ1n) is 5.48. The van der Waals surface area contributed by atoms with Crippen LogP contribution in [0, 0.1) is 12.7 Å². The van der Waals surface area contributed by atoms with Gasteiger partial charge in [-0.25, -0.2) is 4.39 Å². The van der Waals surface area contributed by atoms with Crippen molar-refractivity contribution in [1.29, 1.82) is 0 Å². The molecule has 0 N–H and O–H groups in total. The van der Waals surface area contributed by atoms with Crippen molar-refractivity contribution < 1.29 is 9.13 Å². The maximum absolute atomic E-state index is 13.0. The molecule has 0 saturated carbocycles. The third-order valence-electron chi connectivity index (χ3n) is 2.31. The molecule has 1 aromatic heterocycles. The van der Waals surface area contributed by atoms with Crippen molar-refractivity contribution in [3.05, 3.63) is 34.9 Å². The van der Waals surface area contributed by atoms with Gasteiger partial charge in [-0.05, 0) is 42.3 Å². The number of aryl methyl sites for hydroxylation is 1. The van der Waals surface area contributed by atoms with E-state index in [0.29, 0.717) is 17.3 Å². The third-order valence-corrected chi connectivity index (χ3v) is 2.48. The molecule has 0 atom stereocenters. The Bertz CT molecular complexity index is 606. The second-order valence-corrected chi connectivity index (χ2v) is 4.43. The fourth-order valence-electron chi connectivity index (χ4n) is 1.39. The zero-order valence-corrected chi connectivity index (χ0v) is 11.4. The Morgan fingerprint density at radius 1 is 1.21 bits per heavy atom. The van der Waals surface area contributed by atoms with E-state index in [1.807, 2.05) is 0 Å². The van der Waals surface area contributed by atoms with E-state index in [9.17, 15) is 4.39 Å². The SMILES string of the molecule is Cc1cc(F)ccc1Oc1nc(Cl)nc(N(C)C)n1. The first kappa shape index (κ1) is 13.5. The second-order valence-electron chi connectivity index (χ2n) is 4.09. The molecule has 0 aliphatic heterocycles. The molecule has 1 aromatic carbocycles. The van der Waals surface area contributed by atoms with Crippen LogP contribution in [0.3, 0.4) is 0 Å². The summed E-state index contributed by atoms with van der Waals surface area (Å²) in [4.78, 5) is 13.6. The largest absolute Gasteiger partial charge is 0.424 e. The van der Waals surface area contributed by atoms with Crippen molar-refractivity contribution in [1.82, 2.24) is 15.0 Å². The first-order valence-corrected chi connectivity index (χ1v) is 5.86. The Hall–Kier alpha value is -1.95. The molecule has 2 rings (SSSR count). The highest BCUT2D eigenvalue weighted by Crippen LogP contribution is 2.24. The van der Waals surface area contributed by atoms with Crippen molar-refractivity contribution >= 4 is 17.5 Å². The van der Waals surface area contributed by atoms with Crippen LogP contribution in [0.4, 0.5) is 10.3 Å². The summed E-state index contributed by atoms with van der Waals surface area (Å²) >= 11 is 5.80. The summed E-state index contributed by atoms with van der Waals surface area (Å²) < 4.78 is 18.5. The Morgan fingerprint density at radius 3 is 2.58 bits per heavy atom. The van der Waals surface area contributed by atoms with E-state index in [-0.39, 0.29) is 17.1 Å². The van der Waals surface area contributed by atoms with Crippen LogP contribution in [0.5, 0.6) is 11.8 Å². The standard InChI is InChI=1S/C12H12ClFN4O/c1-7-6-8(14)4-5-9(7)19-12-16-10(13)15-11(17-12)18(2)3/h4-6H,1-3H3. The van der Waals surface area contributed by atoms with Crippen LogP contribution in [0.1, 0.15) is 5.56 Å². The van der Waals surface area contributed by atoms with Crippen LogP contribution < -0.4 is 9.64 Å². The van der Waals surface area contributed by atoms with Crippen LogP contribution in [0.25, 0.3) is 0 Å². The van der Waals surface area contributed by atoms with Crippen molar-refractivity contribution in [2.24, 2.45) is 0 Å². The van der Waals surface area contributed by atoms with Crippen LogP contribution >= 0.6 is 11.6 Å². The second kappa shape index (κ2) is 5.36. The predicted octanol–water partition coefficient (Wildman–Crippen LogP) is 2.83. The first-order chi connectivity index (χ1) is 8.95. The number of nitrogens with zero attached hydrogens (tertiary/aromatic N) is 4. The summed E-state index contributed by atoms with van der Waals surface area (Å²) in [6, 6.07) is 4.25. The van der Waals surface area contributed by atoms with Gasteiger partial charge in [0.15, 0.2) is 0 Å². The van der Waals surface area contributed by atoms with Gasteiger partial charge in [0.1, 0.15) is 11.6 Å². The number of ether oxygens (including phenoxy) is 1. The average molecular weight is 283 g/mol.